The molecule has 2 N–H and O–H groups in total. The fraction of sp³-hybridized carbons (Fsp3) is 0.462. The van der Waals surface area contributed by atoms with Gasteiger partial charge >= 0.3 is 5.97 Å². The van der Waals surface area contributed by atoms with Crippen LogP contribution in [0.2, 0.25) is 5.02 Å². The van der Waals surface area contributed by atoms with Gasteiger partial charge in [-0.1, -0.05) is 17.7 Å². The molecule has 0 aliphatic rings. The summed E-state index contributed by atoms with van der Waals surface area (Å²) in [5.41, 5.74) is 0.658. The van der Waals surface area contributed by atoms with Crippen molar-refractivity contribution in [2.45, 2.75) is 13.0 Å². The van der Waals surface area contributed by atoms with E-state index in [1.54, 1.807) is 29.2 Å². The summed E-state index contributed by atoms with van der Waals surface area (Å²) in [5.74, 6) is -0.969. The number of hydrogen-bond acceptors (Lipinski definition) is 4. The molecule has 0 heterocycles. The van der Waals surface area contributed by atoms with Crippen LogP contribution in [-0.2, 0) is 9.53 Å². The fourth-order valence-electron chi connectivity index (χ4n) is 1.66. The van der Waals surface area contributed by atoms with E-state index in [9.17, 15) is 9.90 Å². The second-order valence-corrected chi connectivity index (χ2v) is 4.50. The number of carbonyl (C=O) groups is 1. The summed E-state index contributed by atoms with van der Waals surface area (Å²) >= 11 is 5.88. The number of hydrogen-bond donors (Lipinski definition) is 2. The van der Waals surface area contributed by atoms with Crippen molar-refractivity contribution in [1.29, 1.82) is 0 Å². The first kappa shape index (κ1) is 15.8. The van der Waals surface area contributed by atoms with Gasteiger partial charge in [-0.3, -0.25) is 4.79 Å². The van der Waals surface area contributed by atoms with E-state index < -0.39 is 12.1 Å². The van der Waals surface area contributed by atoms with Crippen LogP contribution in [0.15, 0.2) is 24.3 Å². The molecule has 106 valence electrons. The summed E-state index contributed by atoms with van der Waals surface area (Å²) < 4.78 is 5.11. The Hall–Kier alpha value is -1.30. The van der Waals surface area contributed by atoms with Gasteiger partial charge in [0.25, 0.3) is 0 Å². The van der Waals surface area contributed by atoms with E-state index in [1.165, 1.54) is 0 Å². The predicted octanol–water partition coefficient (Wildman–Crippen LogP) is 1.63. The molecule has 1 aromatic rings. The van der Waals surface area contributed by atoms with Crippen molar-refractivity contribution in [2.24, 2.45) is 0 Å². The molecule has 1 rings (SSSR count). The topological polar surface area (TPSA) is 70.0 Å². The van der Waals surface area contributed by atoms with Crippen molar-refractivity contribution in [3.63, 3.8) is 0 Å². The smallest absolute Gasteiger partial charge is 0.323 e. The third kappa shape index (κ3) is 5.92. The molecule has 6 heteroatoms. The standard InChI is InChI=1S/C13H18ClNO4/c1-2-19-9-12(16)7-15(8-13(17)18)11-5-3-4-10(14)6-11/h3-6,12,16H,2,7-9H2,1H3,(H,17,18). The highest BCUT2D eigenvalue weighted by Gasteiger charge is 2.15. The highest BCUT2D eigenvalue weighted by atomic mass is 35.5. The Labute approximate surface area is 117 Å². The number of carboxylic acid groups (broad SMARTS) is 1. The maximum absolute atomic E-state index is 10.9. The molecule has 0 spiro atoms. The second-order valence-electron chi connectivity index (χ2n) is 4.07. The van der Waals surface area contributed by atoms with E-state index >= 15 is 0 Å². The first-order valence-electron chi connectivity index (χ1n) is 6.01. The van der Waals surface area contributed by atoms with Crippen molar-refractivity contribution >= 4 is 23.3 Å². The molecule has 1 unspecified atom stereocenters. The lowest BCUT2D eigenvalue weighted by atomic mass is 10.2. The van der Waals surface area contributed by atoms with E-state index in [0.29, 0.717) is 17.3 Å². The van der Waals surface area contributed by atoms with Crippen LogP contribution in [0.4, 0.5) is 5.69 Å². The highest BCUT2D eigenvalue weighted by molar-refractivity contribution is 6.30. The summed E-state index contributed by atoms with van der Waals surface area (Å²) in [4.78, 5) is 12.4. The first-order chi connectivity index (χ1) is 9.02. The Balaban J connectivity index is 2.74. The number of benzene rings is 1. The van der Waals surface area contributed by atoms with Crippen molar-refractivity contribution in [3.05, 3.63) is 29.3 Å². The van der Waals surface area contributed by atoms with E-state index in [2.05, 4.69) is 0 Å². The molecule has 0 fully saturated rings. The third-order valence-corrected chi connectivity index (χ3v) is 2.68. The molecule has 19 heavy (non-hydrogen) atoms. The molecule has 0 amide bonds. The van der Waals surface area contributed by atoms with Crippen LogP contribution in [0.1, 0.15) is 6.92 Å². The molecule has 0 aliphatic heterocycles. The lowest BCUT2D eigenvalue weighted by molar-refractivity contribution is -0.135. The van der Waals surface area contributed by atoms with Gasteiger partial charge in [-0.25, -0.2) is 0 Å². The minimum atomic E-state index is -0.969. The van der Waals surface area contributed by atoms with Gasteiger partial charge in [-0.15, -0.1) is 0 Å². The van der Waals surface area contributed by atoms with Gasteiger partial charge in [0.1, 0.15) is 6.54 Å². The molecule has 0 aromatic heterocycles. The van der Waals surface area contributed by atoms with Crippen LogP contribution < -0.4 is 4.90 Å². The van der Waals surface area contributed by atoms with E-state index in [0.717, 1.165) is 0 Å². The average Bonchev–Trinajstić information content (AvgIpc) is 2.35. The number of aliphatic carboxylic acids is 1. The minimum Gasteiger partial charge on any atom is -0.480 e. The van der Waals surface area contributed by atoms with Gasteiger partial charge in [-0.2, -0.15) is 0 Å². The Bertz CT molecular complexity index is 413. The van der Waals surface area contributed by atoms with Gasteiger partial charge in [-0.05, 0) is 25.1 Å². The normalized spacial score (nSPS) is 12.2. The van der Waals surface area contributed by atoms with E-state index in [1.807, 2.05) is 6.92 Å². The summed E-state index contributed by atoms with van der Waals surface area (Å²) in [6.07, 6.45) is -0.752. The molecule has 1 aromatic carbocycles. The number of ether oxygens (including phenoxy) is 1. The lowest BCUT2D eigenvalue weighted by Crippen LogP contribution is -2.38. The van der Waals surface area contributed by atoms with Crippen LogP contribution in [0.25, 0.3) is 0 Å². The number of halogens is 1. The average molecular weight is 288 g/mol. The Morgan fingerprint density at radius 3 is 2.84 bits per heavy atom. The van der Waals surface area contributed by atoms with Crippen molar-refractivity contribution in [3.8, 4) is 0 Å². The number of nitrogens with zero attached hydrogens (tertiary/aromatic N) is 1. The number of anilines is 1. The minimum absolute atomic E-state index is 0.173. The monoisotopic (exact) mass is 287 g/mol. The number of aliphatic hydroxyl groups excluding tert-OH is 1. The van der Waals surface area contributed by atoms with Crippen LogP contribution in [0.3, 0.4) is 0 Å². The maximum atomic E-state index is 10.9. The van der Waals surface area contributed by atoms with Gasteiger partial charge in [0, 0.05) is 23.9 Å². The summed E-state index contributed by atoms with van der Waals surface area (Å²) in [7, 11) is 0. The van der Waals surface area contributed by atoms with Crippen LogP contribution in [0, 0.1) is 0 Å². The fourth-order valence-corrected chi connectivity index (χ4v) is 1.84. The van der Waals surface area contributed by atoms with E-state index in [4.69, 9.17) is 21.4 Å². The molecular weight excluding hydrogens is 270 g/mol. The third-order valence-electron chi connectivity index (χ3n) is 2.44. The van der Waals surface area contributed by atoms with Crippen molar-refractivity contribution in [2.75, 3.05) is 31.2 Å². The first-order valence-corrected chi connectivity index (χ1v) is 6.38. The maximum Gasteiger partial charge on any atom is 0.323 e. The Morgan fingerprint density at radius 2 is 2.26 bits per heavy atom. The summed E-state index contributed by atoms with van der Waals surface area (Å²) in [5, 5.41) is 19.2. The zero-order chi connectivity index (χ0) is 14.3. The van der Waals surface area contributed by atoms with Crippen LogP contribution >= 0.6 is 11.6 Å². The quantitative estimate of drug-likeness (QED) is 0.760. The Morgan fingerprint density at radius 1 is 1.53 bits per heavy atom. The number of carboxylic acids is 1. The number of rotatable bonds is 8. The zero-order valence-corrected chi connectivity index (χ0v) is 11.5. The Kier molecular flexibility index (Phi) is 6.62. The SMILES string of the molecule is CCOCC(O)CN(CC(=O)O)c1cccc(Cl)c1. The molecular formula is C13H18ClNO4. The van der Waals surface area contributed by atoms with Gasteiger partial charge < -0.3 is 19.8 Å². The van der Waals surface area contributed by atoms with Gasteiger partial charge in [0.05, 0.1) is 12.7 Å². The largest absolute Gasteiger partial charge is 0.480 e. The van der Waals surface area contributed by atoms with Gasteiger partial charge in [0.2, 0.25) is 0 Å². The molecule has 0 bridgehead atoms. The highest BCUT2D eigenvalue weighted by Crippen LogP contribution is 2.19. The molecule has 5 nitrogen and oxygen atoms in total. The van der Waals surface area contributed by atoms with Gasteiger partial charge in [0.15, 0.2) is 0 Å². The summed E-state index contributed by atoms with van der Waals surface area (Å²) in [6, 6.07) is 6.86. The van der Waals surface area contributed by atoms with Crippen molar-refractivity contribution < 1.29 is 19.7 Å². The number of aliphatic hydroxyl groups is 1. The van der Waals surface area contributed by atoms with Crippen LogP contribution in [0.5, 0.6) is 0 Å². The molecule has 1 atom stereocenters. The second kappa shape index (κ2) is 7.99. The van der Waals surface area contributed by atoms with Crippen LogP contribution in [-0.4, -0.2) is 48.6 Å². The molecule has 0 radical (unpaired) electrons. The zero-order valence-electron chi connectivity index (χ0n) is 10.8. The van der Waals surface area contributed by atoms with Crippen molar-refractivity contribution in [1.82, 2.24) is 0 Å². The predicted molar refractivity (Wildman–Crippen MR) is 73.8 cm³/mol. The summed E-state index contributed by atoms with van der Waals surface area (Å²) in [6.45, 7) is 2.48. The van der Waals surface area contributed by atoms with E-state index in [-0.39, 0.29) is 19.7 Å². The molecule has 0 aliphatic carbocycles. The lowest BCUT2D eigenvalue weighted by Gasteiger charge is -2.25. The molecule has 0 saturated heterocycles. The molecule has 0 saturated carbocycles.